The van der Waals surface area contributed by atoms with E-state index in [4.69, 9.17) is 13.9 Å². The Bertz CT molecular complexity index is 929. The van der Waals surface area contributed by atoms with Crippen LogP contribution in [0.4, 0.5) is 0 Å². The molecule has 0 saturated carbocycles. The molecular formula is C21H20N2O4. The minimum atomic E-state index is -0.320. The van der Waals surface area contributed by atoms with Crippen LogP contribution in [0.25, 0.3) is 11.0 Å². The molecule has 2 aromatic heterocycles. The zero-order valence-electron chi connectivity index (χ0n) is 14.8. The average molecular weight is 364 g/mol. The number of fused-ring (bicyclic) bond motifs is 1. The molecule has 2 aliphatic rings. The molecule has 0 aliphatic carbocycles. The van der Waals surface area contributed by atoms with Gasteiger partial charge >= 0.3 is 0 Å². The average Bonchev–Trinajstić information content (AvgIpc) is 3.11. The fourth-order valence-electron chi connectivity index (χ4n) is 3.93. The lowest BCUT2D eigenvalue weighted by Crippen LogP contribution is -2.67. The first-order valence-corrected chi connectivity index (χ1v) is 9.20. The molecule has 2 aliphatic heterocycles. The summed E-state index contributed by atoms with van der Waals surface area (Å²) in [6, 6.07) is 15.1. The number of benzene rings is 1. The van der Waals surface area contributed by atoms with Crippen LogP contribution in [-0.4, -0.2) is 47.2 Å². The maximum absolute atomic E-state index is 12.7. The summed E-state index contributed by atoms with van der Waals surface area (Å²) in [4.78, 5) is 18.7. The van der Waals surface area contributed by atoms with E-state index >= 15 is 0 Å². The fraction of sp³-hybridized carbons (Fsp3) is 0.333. The second kappa shape index (κ2) is 6.39. The van der Waals surface area contributed by atoms with Gasteiger partial charge in [0.1, 0.15) is 17.3 Å². The van der Waals surface area contributed by atoms with E-state index in [2.05, 4.69) is 4.98 Å². The number of hydrogen-bond acceptors (Lipinski definition) is 5. The van der Waals surface area contributed by atoms with E-state index in [0.717, 1.165) is 23.8 Å². The van der Waals surface area contributed by atoms with Gasteiger partial charge in [-0.2, -0.15) is 0 Å². The molecule has 5 rings (SSSR count). The monoisotopic (exact) mass is 364 g/mol. The molecule has 6 heteroatoms. The van der Waals surface area contributed by atoms with Crippen molar-refractivity contribution >= 4 is 16.9 Å². The predicted molar refractivity (Wildman–Crippen MR) is 98.7 cm³/mol. The van der Waals surface area contributed by atoms with Crippen LogP contribution in [0.15, 0.2) is 59.1 Å². The van der Waals surface area contributed by atoms with Crippen LogP contribution >= 0.6 is 0 Å². The number of likely N-dealkylation sites (tertiary alicyclic amines) is 1. The molecule has 2 fully saturated rings. The van der Waals surface area contributed by atoms with Crippen LogP contribution in [0, 0.1) is 0 Å². The van der Waals surface area contributed by atoms with Crippen LogP contribution in [0.5, 0.6) is 5.88 Å². The first-order valence-electron chi connectivity index (χ1n) is 9.20. The van der Waals surface area contributed by atoms with Crippen molar-refractivity contribution in [3.63, 3.8) is 0 Å². The Hall–Kier alpha value is -2.86. The molecule has 3 aromatic rings. The highest BCUT2D eigenvalue weighted by molar-refractivity contribution is 5.96. The van der Waals surface area contributed by atoms with Crippen molar-refractivity contribution in [1.82, 2.24) is 9.88 Å². The van der Waals surface area contributed by atoms with Crippen LogP contribution in [0.1, 0.15) is 23.4 Å². The van der Waals surface area contributed by atoms with E-state index in [9.17, 15) is 4.79 Å². The smallest absolute Gasteiger partial charge is 0.289 e. The second-order valence-corrected chi connectivity index (χ2v) is 7.24. The number of hydrogen-bond donors (Lipinski definition) is 0. The van der Waals surface area contributed by atoms with E-state index in [1.165, 1.54) is 0 Å². The van der Waals surface area contributed by atoms with Crippen molar-refractivity contribution in [2.45, 2.75) is 24.5 Å². The van der Waals surface area contributed by atoms with Gasteiger partial charge in [-0.15, -0.1) is 0 Å². The van der Waals surface area contributed by atoms with E-state index in [0.29, 0.717) is 31.3 Å². The summed E-state index contributed by atoms with van der Waals surface area (Å²) in [6.07, 6.45) is 3.36. The van der Waals surface area contributed by atoms with E-state index in [1.807, 2.05) is 42.5 Å². The SMILES string of the molecule is O=C(c1cc2ccccc2o1)N1CC2(C[C@@H](Oc3ccccn3)CCO2)C1. The zero-order valence-corrected chi connectivity index (χ0v) is 14.8. The van der Waals surface area contributed by atoms with E-state index < -0.39 is 0 Å². The third kappa shape index (κ3) is 3.06. The number of carbonyl (C=O) groups is 1. The minimum Gasteiger partial charge on any atom is -0.474 e. The number of rotatable bonds is 3. The van der Waals surface area contributed by atoms with Crippen molar-refractivity contribution < 1.29 is 18.7 Å². The van der Waals surface area contributed by atoms with E-state index in [1.54, 1.807) is 17.2 Å². The van der Waals surface area contributed by atoms with Gasteiger partial charge in [0.05, 0.1) is 19.7 Å². The summed E-state index contributed by atoms with van der Waals surface area (Å²) < 4.78 is 17.7. The molecule has 2 saturated heterocycles. The Morgan fingerprint density at radius 1 is 1.19 bits per heavy atom. The Balaban J connectivity index is 1.24. The predicted octanol–water partition coefficient (Wildman–Crippen LogP) is 3.28. The Morgan fingerprint density at radius 2 is 2.04 bits per heavy atom. The third-order valence-corrected chi connectivity index (χ3v) is 5.25. The molecule has 1 atom stereocenters. The van der Waals surface area contributed by atoms with Crippen LogP contribution < -0.4 is 4.74 Å². The number of para-hydroxylation sites is 1. The maximum Gasteiger partial charge on any atom is 0.289 e. The van der Waals surface area contributed by atoms with Crippen molar-refractivity contribution in [2.75, 3.05) is 19.7 Å². The van der Waals surface area contributed by atoms with Gasteiger partial charge in [0, 0.05) is 30.5 Å². The number of nitrogens with zero attached hydrogens (tertiary/aromatic N) is 2. The molecule has 1 aromatic carbocycles. The zero-order chi connectivity index (χ0) is 18.3. The van der Waals surface area contributed by atoms with Crippen molar-refractivity contribution in [3.05, 3.63) is 60.5 Å². The summed E-state index contributed by atoms with van der Waals surface area (Å²) in [6.45, 7) is 1.75. The summed E-state index contributed by atoms with van der Waals surface area (Å²) in [5.41, 5.74) is 0.410. The molecule has 138 valence electrons. The molecule has 0 bridgehead atoms. The molecule has 27 heavy (non-hydrogen) atoms. The lowest BCUT2D eigenvalue weighted by atomic mass is 9.84. The lowest BCUT2D eigenvalue weighted by molar-refractivity contribution is -0.174. The first kappa shape index (κ1) is 16.3. The number of carbonyl (C=O) groups excluding carboxylic acids is 1. The maximum atomic E-state index is 12.7. The lowest BCUT2D eigenvalue weighted by Gasteiger charge is -2.52. The normalized spacial score (nSPS) is 21.2. The fourth-order valence-corrected chi connectivity index (χ4v) is 3.93. The number of furan rings is 1. The third-order valence-electron chi connectivity index (χ3n) is 5.25. The van der Waals surface area contributed by atoms with Gasteiger partial charge in [-0.25, -0.2) is 4.98 Å². The first-order chi connectivity index (χ1) is 13.2. The van der Waals surface area contributed by atoms with Gasteiger partial charge in [-0.3, -0.25) is 4.79 Å². The second-order valence-electron chi connectivity index (χ2n) is 7.24. The number of aromatic nitrogens is 1. The Morgan fingerprint density at radius 3 is 2.85 bits per heavy atom. The van der Waals surface area contributed by atoms with Gasteiger partial charge in [-0.05, 0) is 18.2 Å². The van der Waals surface area contributed by atoms with Crippen LogP contribution in [-0.2, 0) is 4.74 Å². The quantitative estimate of drug-likeness (QED) is 0.714. The van der Waals surface area contributed by atoms with Gasteiger partial charge in [0.15, 0.2) is 5.76 Å². The highest BCUT2D eigenvalue weighted by atomic mass is 16.5. The minimum absolute atomic E-state index is 0.0529. The van der Waals surface area contributed by atoms with Crippen molar-refractivity contribution in [1.29, 1.82) is 0 Å². The molecule has 4 heterocycles. The van der Waals surface area contributed by atoms with E-state index in [-0.39, 0.29) is 17.6 Å². The Kier molecular flexibility index (Phi) is 3.86. The van der Waals surface area contributed by atoms with Gasteiger partial charge < -0.3 is 18.8 Å². The topological polar surface area (TPSA) is 64.8 Å². The van der Waals surface area contributed by atoms with Crippen LogP contribution in [0.3, 0.4) is 0 Å². The molecule has 1 spiro atoms. The summed E-state index contributed by atoms with van der Waals surface area (Å²) in [5, 5.41) is 0.939. The number of ether oxygens (including phenoxy) is 2. The largest absolute Gasteiger partial charge is 0.474 e. The van der Waals surface area contributed by atoms with Crippen LogP contribution in [0.2, 0.25) is 0 Å². The molecule has 0 unspecified atom stereocenters. The molecular weight excluding hydrogens is 344 g/mol. The standard InChI is InChI=1S/C21H20N2O4/c24-20(18-11-15-5-1-2-6-17(15)27-18)23-13-21(14-23)12-16(8-10-25-21)26-19-7-3-4-9-22-19/h1-7,9,11,16H,8,10,12-14H2/t16-/m0/s1. The molecule has 0 N–H and O–H groups in total. The Labute approximate surface area is 156 Å². The van der Waals surface area contributed by atoms with Gasteiger partial charge in [0.2, 0.25) is 5.88 Å². The van der Waals surface area contributed by atoms with Crippen molar-refractivity contribution in [2.24, 2.45) is 0 Å². The number of amides is 1. The molecule has 6 nitrogen and oxygen atoms in total. The summed E-state index contributed by atoms with van der Waals surface area (Å²) in [5.74, 6) is 0.922. The van der Waals surface area contributed by atoms with Crippen molar-refractivity contribution in [3.8, 4) is 5.88 Å². The van der Waals surface area contributed by atoms with Gasteiger partial charge in [0.25, 0.3) is 5.91 Å². The number of pyridine rings is 1. The highest BCUT2D eigenvalue weighted by Crippen LogP contribution is 2.36. The highest BCUT2D eigenvalue weighted by Gasteiger charge is 2.50. The molecule has 0 radical (unpaired) electrons. The summed E-state index contributed by atoms with van der Waals surface area (Å²) in [7, 11) is 0. The van der Waals surface area contributed by atoms with Gasteiger partial charge in [-0.1, -0.05) is 24.3 Å². The molecule has 1 amide bonds. The summed E-state index contributed by atoms with van der Waals surface area (Å²) >= 11 is 0.